The average Bonchev–Trinajstić information content (AvgIpc) is 3.49. The highest BCUT2D eigenvalue weighted by molar-refractivity contribution is 5.71. The van der Waals surface area contributed by atoms with Crippen LogP contribution in [-0.4, -0.2) is 37.2 Å². The molecule has 0 N–H and O–H groups in total. The first-order valence-corrected chi connectivity index (χ1v) is 36.1. The van der Waals surface area contributed by atoms with Crippen LogP contribution in [0.25, 0.3) is 0 Å². The number of hydrogen-bond acceptors (Lipinski definition) is 6. The zero-order chi connectivity index (χ0) is 59.9. The summed E-state index contributed by atoms with van der Waals surface area (Å²) in [5.41, 5.74) is 0. The Kier molecular flexibility index (Phi) is 68.2. The molecule has 480 valence electrons. The van der Waals surface area contributed by atoms with Crippen molar-refractivity contribution >= 4 is 17.9 Å². The number of esters is 3. The summed E-state index contributed by atoms with van der Waals surface area (Å²) in [4.78, 5) is 38.5. The van der Waals surface area contributed by atoms with Crippen molar-refractivity contribution in [3.8, 4) is 0 Å². The van der Waals surface area contributed by atoms with Gasteiger partial charge in [-0.15, -0.1) is 0 Å². The molecular weight excluding hydrogens is 1020 g/mol. The molecule has 0 rings (SSSR count). The Morgan fingerprint density at radius 2 is 0.470 bits per heavy atom. The summed E-state index contributed by atoms with van der Waals surface area (Å²) in [5.74, 6) is -0.869. The van der Waals surface area contributed by atoms with E-state index in [2.05, 4.69) is 106 Å². The molecule has 0 amide bonds. The second-order valence-corrected chi connectivity index (χ2v) is 24.1. The lowest BCUT2D eigenvalue weighted by Gasteiger charge is -2.18. The van der Waals surface area contributed by atoms with Crippen molar-refractivity contribution in [2.75, 3.05) is 13.2 Å². The Hall–Kier alpha value is -3.41. The van der Waals surface area contributed by atoms with Crippen molar-refractivity contribution in [3.63, 3.8) is 0 Å². The maximum Gasteiger partial charge on any atom is 0.306 e. The van der Waals surface area contributed by atoms with E-state index < -0.39 is 6.10 Å². The maximum absolute atomic E-state index is 13.0. The quantitative estimate of drug-likeness (QED) is 0.0261. The second-order valence-electron chi connectivity index (χ2n) is 24.1. The van der Waals surface area contributed by atoms with E-state index in [0.29, 0.717) is 19.3 Å². The molecule has 83 heavy (non-hydrogen) atoms. The third-order valence-corrected chi connectivity index (χ3v) is 15.9. The van der Waals surface area contributed by atoms with E-state index in [4.69, 9.17) is 14.2 Å². The standard InChI is InChI=1S/C77H136O6/c1-4-7-10-13-16-19-22-25-28-31-34-35-36-37-38-39-40-41-42-43-44-47-49-52-55-58-61-64-67-70-76(79)82-73-74(83-77(80)71-68-65-62-59-56-53-50-46-33-30-27-24-21-18-15-12-9-6-3)72-81-75(78)69-66-63-60-57-54-51-48-45-32-29-26-23-20-17-14-11-8-5-2/h7,10,16,19,21,24-25,28-30,32-35,74H,4-6,8-9,11-15,17-18,20,22-23,26-27,31,36-73H2,1-3H3/b10-7-,19-16-,24-21-,28-25-,32-29-,33-30-,35-34-. The minimum atomic E-state index is -0.783. The van der Waals surface area contributed by atoms with Crippen LogP contribution in [0, 0.1) is 0 Å². The van der Waals surface area contributed by atoms with Crippen LogP contribution in [0.1, 0.15) is 367 Å². The molecule has 0 radical (unpaired) electrons. The molecule has 0 aliphatic heterocycles. The van der Waals surface area contributed by atoms with Gasteiger partial charge in [-0.2, -0.15) is 0 Å². The van der Waals surface area contributed by atoms with E-state index in [9.17, 15) is 14.4 Å². The first kappa shape index (κ1) is 79.6. The third-order valence-electron chi connectivity index (χ3n) is 15.9. The van der Waals surface area contributed by atoms with Gasteiger partial charge in [-0.05, 0) is 116 Å². The van der Waals surface area contributed by atoms with Crippen LogP contribution in [0.2, 0.25) is 0 Å². The van der Waals surface area contributed by atoms with Gasteiger partial charge in [0.05, 0.1) is 0 Å². The summed E-state index contributed by atoms with van der Waals surface area (Å²) in [5, 5.41) is 0. The van der Waals surface area contributed by atoms with E-state index >= 15 is 0 Å². The fourth-order valence-electron chi connectivity index (χ4n) is 10.5. The SMILES string of the molecule is CC/C=C\C/C=C\C/C=C\C/C=C\CCCCCCCCCCCCCCCCCCC(=O)OCC(COC(=O)CCCCCCCCC/C=C\CCCCCCCCC)OC(=O)CCCCCCCCC/C=C\C/C=C\CCCCCC. The number of hydrogen-bond donors (Lipinski definition) is 0. The van der Waals surface area contributed by atoms with Crippen molar-refractivity contribution in [1.82, 2.24) is 0 Å². The van der Waals surface area contributed by atoms with Crippen molar-refractivity contribution in [3.05, 3.63) is 85.1 Å². The fraction of sp³-hybridized carbons (Fsp3) is 0.779. The second kappa shape index (κ2) is 71.1. The zero-order valence-corrected chi connectivity index (χ0v) is 55.2. The normalized spacial score (nSPS) is 12.6. The highest BCUT2D eigenvalue weighted by Gasteiger charge is 2.19. The van der Waals surface area contributed by atoms with Gasteiger partial charge in [0, 0.05) is 19.3 Å². The molecule has 6 nitrogen and oxygen atoms in total. The number of carbonyl (C=O) groups excluding carboxylic acids is 3. The summed E-state index contributed by atoms with van der Waals surface area (Å²) in [6, 6.07) is 0. The maximum atomic E-state index is 13.0. The molecule has 0 aromatic carbocycles. The molecular formula is C77H136O6. The van der Waals surface area contributed by atoms with Crippen molar-refractivity contribution in [2.45, 2.75) is 374 Å². The van der Waals surface area contributed by atoms with Crippen LogP contribution in [0.4, 0.5) is 0 Å². The Bertz CT molecular complexity index is 1570. The summed E-state index contributed by atoms with van der Waals surface area (Å²) < 4.78 is 17.0. The lowest BCUT2D eigenvalue weighted by Crippen LogP contribution is -2.30. The summed E-state index contributed by atoms with van der Waals surface area (Å²) in [6.07, 6.45) is 94.6. The van der Waals surface area contributed by atoms with E-state index in [1.54, 1.807) is 0 Å². The van der Waals surface area contributed by atoms with Crippen LogP contribution in [-0.2, 0) is 28.6 Å². The molecule has 0 aromatic heterocycles. The topological polar surface area (TPSA) is 78.9 Å². The number of unbranched alkanes of at least 4 members (excludes halogenated alkanes) is 41. The molecule has 0 saturated carbocycles. The van der Waals surface area contributed by atoms with Crippen LogP contribution in [0.15, 0.2) is 85.1 Å². The highest BCUT2D eigenvalue weighted by atomic mass is 16.6. The molecule has 0 aliphatic rings. The Balaban J connectivity index is 4.29. The van der Waals surface area contributed by atoms with Crippen LogP contribution in [0.3, 0.4) is 0 Å². The molecule has 0 saturated heterocycles. The predicted octanol–water partition coefficient (Wildman–Crippen LogP) is 25.0. The van der Waals surface area contributed by atoms with Gasteiger partial charge in [-0.1, -0.05) is 318 Å². The highest BCUT2D eigenvalue weighted by Crippen LogP contribution is 2.17. The van der Waals surface area contributed by atoms with E-state index in [1.807, 2.05) is 0 Å². The lowest BCUT2D eigenvalue weighted by molar-refractivity contribution is -0.167. The summed E-state index contributed by atoms with van der Waals surface area (Å²) >= 11 is 0. The van der Waals surface area contributed by atoms with Gasteiger partial charge >= 0.3 is 17.9 Å². The van der Waals surface area contributed by atoms with Crippen molar-refractivity contribution in [1.29, 1.82) is 0 Å². The molecule has 0 bridgehead atoms. The van der Waals surface area contributed by atoms with Crippen molar-refractivity contribution in [2.24, 2.45) is 0 Å². The smallest absolute Gasteiger partial charge is 0.306 e. The summed E-state index contributed by atoms with van der Waals surface area (Å²) in [7, 11) is 0. The molecule has 6 heteroatoms. The number of carbonyl (C=O) groups is 3. The van der Waals surface area contributed by atoms with Gasteiger partial charge < -0.3 is 14.2 Å². The average molecular weight is 1160 g/mol. The minimum absolute atomic E-state index is 0.0778. The van der Waals surface area contributed by atoms with Crippen molar-refractivity contribution < 1.29 is 28.6 Å². The van der Waals surface area contributed by atoms with E-state index in [-0.39, 0.29) is 31.1 Å². The predicted molar refractivity (Wildman–Crippen MR) is 362 cm³/mol. The van der Waals surface area contributed by atoms with Crippen LogP contribution < -0.4 is 0 Å². The van der Waals surface area contributed by atoms with Crippen LogP contribution in [0.5, 0.6) is 0 Å². The monoisotopic (exact) mass is 1160 g/mol. The fourth-order valence-corrected chi connectivity index (χ4v) is 10.5. The minimum Gasteiger partial charge on any atom is -0.462 e. The Morgan fingerprint density at radius 1 is 0.253 bits per heavy atom. The van der Waals surface area contributed by atoms with Gasteiger partial charge in [0.15, 0.2) is 6.10 Å². The molecule has 1 atom stereocenters. The number of allylic oxidation sites excluding steroid dienone is 14. The van der Waals surface area contributed by atoms with Gasteiger partial charge in [0.25, 0.3) is 0 Å². The Labute approximate surface area is 515 Å². The van der Waals surface area contributed by atoms with E-state index in [1.165, 1.54) is 231 Å². The van der Waals surface area contributed by atoms with E-state index in [0.717, 1.165) is 96.3 Å². The summed E-state index contributed by atoms with van der Waals surface area (Å²) in [6.45, 7) is 6.55. The molecule has 0 fully saturated rings. The lowest BCUT2D eigenvalue weighted by atomic mass is 10.0. The first-order valence-electron chi connectivity index (χ1n) is 36.1. The molecule has 0 spiro atoms. The number of rotatable bonds is 66. The number of ether oxygens (including phenoxy) is 3. The molecule has 0 aromatic rings. The van der Waals surface area contributed by atoms with Crippen LogP contribution >= 0.6 is 0 Å². The third kappa shape index (κ3) is 69.3. The first-order chi connectivity index (χ1) is 41.0. The molecule has 1 unspecified atom stereocenters. The van der Waals surface area contributed by atoms with Gasteiger partial charge in [0.2, 0.25) is 0 Å². The molecule has 0 heterocycles. The zero-order valence-electron chi connectivity index (χ0n) is 55.2. The van der Waals surface area contributed by atoms with Gasteiger partial charge in [0.1, 0.15) is 13.2 Å². The largest absolute Gasteiger partial charge is 0.462 e. The van der Waals surface area contributed by atoms with Gasteiger partial charge in [-0.25, -0.2) is 0 Å². The Morgan fingerprint density at radius 3 is 0.759 bits per heavy atom. The van der Waals surface area contributed by atoms with Gasteiger partial charge in [-0.3, -0.25) is 14.4 Å². The molecule has 0 aliphatic carbocycles.